The van der Waals surface area contributed by atoms with Crippen molar-refractivity contribution in [2.24, 2.45) is 5.16 Å². The fraction of sp³-hybridized carbons (Fsp3) is 0.300. The number of hydrazine groups is 1. The summed E-state index contributed by atoms with van der Waals surface area (Å²) in [6.45, 7) is 1.22. The van der Waals surface area contributed by atoms with E-state index >= 15 is 0 Å². The smallest absolute Gasteiger partial charge is 0.347 e. The van der Waals surface area contributed by atoms with Crippen LogP contribution in [0.4, 0.5) is 16.8 Å². The van der Waals surface area contributed by atoms with E-state index in [9.17, 15) is 24.3 Å². The average molecular weight is 611 g/mol. The molecule has 0 spiro atoms. The summed E-state index contributed by atoms with van der Waals surface area (Å²) in [5.74, 6) is -3.44. The van der Waals surface area contributed by atoms with Gasteiger partial charge in [-0.2, -0.15) is 5.53 Å². The molecule has 212 valence electrons. The SMILES string of the molecule is CC(O/N=C(\C(=O)NN[n+]1c(N)cc(N)nc1SCC1=C(C(=O)[O-])N2C(=O)CC2SC1)c1csc(N)n1)C(=O)O. The van der Waals surface area contributed by atoms with E-state index in [0.29, 0.717) is 11.3 Å². The highest BCUT2D eigenvalue weighted by Gasteiger charge is 2.43. The van der Waals surface area contributed by atoms with Crippen LogP contribution in [0.3, 0.4) is 0 Å². The fourth-order valence-corrected chi connectivity index (χ4v) is 6.34. The maximum absolute atomic E-state index is 13.0. The zero-order valence-electron chi connectivity index (χ0n) is 20.5. The van der Waals surface area contributed by atoms with Crippen LogP contribution in [0.25, 0.3) is 0 Å². The second-order valence-corrected chi connectivity index (χ2v) is 11.1. The number of carboxylic acids is 2. The van der Waals surface area contributed by atoms with E-state index in [2.05, 4.69) is 26.1 Å². The number of carboxylic acid groups (broad SMARTS) is 2. The molecule has 2 unspecified atom stereocenters. The van der Waals surface area contributed by atoms with E-state index in [1.807, 2.05) is 0 Å². The average Bonchev–Trinajstić information content (AvgIpc) is 3.31. The molecule has 4 heterocycles. The Bertz CT molecular complexity index is 1450. The lowest BCUT2D eigenvalue weighted by Crippen LogP contribution is -2.58. The first kappa shape index (κ1) is 28.7. The molecule has 4 rings (SSSR count). The normalized spacial score (nSPS) is 17.5. The molecule has 0 radical (unpaired) electrons. The lowest BCUT2D eigenvalue weighted by Gasteiger charge is -2.45. The van der Waals surface area contributed by atoms with Gasteiger partial charge in [0.05, 0.1) is 29.5 Å². The van der Waals surface area contributed by atoms with Gasteiger partial charge in [0.2, 0.25) is 23.6 Å². The molecular formula is C20H22N10O7S3. The van der Waals surface area contributed by atoms with Crippen molar-refractivity contribution in [3.8, 4) is 0 Å². The predicted octanol–water partition coefficient (Wildman–Crippen LogP) is -2.56. The molecule has 2 aliphatic rings. The Morgan fingerprint density at radius 2 is 2.12 bits per heavy atom. The van der Waals surface area contributed by atoms with E-state index < -0.39 is 23.9 Å². The summed E-state index contributed by atoms with van der Waals surface area (Å²) >= 11 is 3.50. The number of oxime groups is 1. The molecule has 2 aromatic rings. The van der Waals surface area contributed by atoms with Gasteiger partial charge in [0.1, 0.15) is 5.69 Å². The number of nitrogen functional groups attached to an aromatic ring is 3. The molecule has 20 heteroatoms. The van der Waals surface area contributed by atoms with E-state index in [0.717, 1.165) is 23.1 Å². The number of β-lactam (4-membered cyclic amide) rings is 1. The number of fused-ring (bicyclic) bond motifs is 1. The van der Waals surface area contributed by atoms with Gasteiger partial charge in [-0.1, -0.05) is 10.1 Å². The molecular weight excluding hydrogens is 588 g/mol. The van der Waals surface area contributed by atoms with Crippen molar-refractivity contribution in [3.63, 3.8) is 0 Å². The molecule has 17 nitrogen and oxygen atoms in total. The molecule has 1 fully saturated rings. The van der Waals surface area contributed by atoms with Crippen LogP contribution in [-0.4, -0.2) is 72.4 Å². The summed E-state index contributed by atoms with van der Waals surface area (Å²) in [6.07, 6.45) is -1.10. The first-order chi connectivity index (χ1) is 19.0. The highest BCUT2D eigenvalue weighted by Crippen LogP contribution is 2.40. The second-order valence-electron chi connectivity index (χ2n) is 8.15. The fourth-order valence-electron chi connectivity index (χ4n) is 3.40. The second kappa shape index (κ2) is 11.8. The first-order valence-corrected chi connectivity index (χ1v) is 14.1. The number of nitrogens with two attached hydrogens (primary N) is 3. The maximum Gasteiger partial charge on any atom is 0.347 e. The van der Waals surface area contributed by atoms with Crippen LogP contribution in [0.5, 0.6) is 0 Å². The number of hydrogen-bond acceptors (Lipinski definition) is 16. The van der Waals surface area contributed by atoms with Crippen LogP contribution < -0.4 is 37.9 Å². The van der Waals surface area contributed by atoms with Gasteiger partial charge in [0.15, 0.2) is 10.8 Å². The molecule has 2 aliphatic heterocycles. The minimum atomic E-state index is -1.46. The Kier molecular flexibility index (Phi) is 8.49. The molecule has 2 aromatic heterocycles. The summed E-state index contributed by atoms with van der Waals surface area (Å²) < 4.78 is 1.17. The Hall–Kier alpha value is -4.30. The van der Waals surface area contributed by atoms with Crippen molar-refractivity contribution in [1.82, 2.24) is 20.3 Å². The predicted molar refractivity (Wildman–Crippen MR) is 142 cm³/mol. The van der Waals surface area contributed by atoms with Gasteiger partial charge in [-0.3, -0.25) is 14.5 Å². The van der Waals surface area contributed by atoms with Crippen LogP contribution in [0.1, 0.15) is 19.0 Å². The van der Waals surface area contributed by atoms with Crippen molar-refractivity contribution in [3.05, 3.63) is 28.4 Å². The molecule has 2 amide bonds. The van der Waals surface area contributed by atoms with Gasteiger partial charge in [-0.05, 0) is 24.3 Å². The van der Waals surface area contributed by atoms with Crippen molar-refractivity contribution in [1.29, 1.82) is 0 Å². The summed E-state index contributed by atoms with van der Waals surface area (Å²) in [6, 6.07) is 1.31. The van der Waals surface area contributed by atoms with Gasteiger partial charge >= 0.3 is 11.1 Å². The highest BCUT2D eigenvalue weighted by molar-refractivity contribution is 8.00. The van der Waals surface area contributed by atoms with E-state index in [1.165, 1.54) is 39.7 Å². The maximum atomic E-state index is 13.0. The van der Waals surface area contributed by atoms with Gasteiger partial charge < -0.3 is 37.0 Å². The van der Waals surface area contributed by atoms with E-state index in [-0.39, 0.29) is 62.5 Å². The van der Waals surface area contributed by atoms with Gasteiger partial charge in [0.25, 0.3) is 5.91 Å². The Labute approximate surface area is 237 Å². The molecule has 0 bridgehead atoms. The number of thioether (sulfide) groups is 2. The Morgan fingerprint density at radius 1 is 1.38 bits per heavy atom. The molecule has 1 saturated heterocycles. The van der Waals surface area contributed by atoms with Crippen molar-refractivity contribution in [2.45, 2.75) is 30.0 Å². The minimum Gasteiger partial charge on any atom is -0.543 e. The largest absolute Gasteiger partial charge is 0.543 e. The van der Waals surface area contributed by atoms with Crippen LogP contribution in [0.2, 0.25) is 0 Å². The summed E-state index contributed by atoms with van der Waals surface area (Å²) in [7, 11) is 0. The molecule has 0 aromatic carbocycles. The summed E-state index contributed by atoms with van der Waals surface area (Å²) in [5, 5.41) is 25.9. The standard InChI is InChI=1S/C20H22N10O7S3/c1-7(17(33)34)37-27-14(9-6-39-19(23)24-9)16(32)26-28-30-11(22)2-10(21)25-20(30)40-5-8-4-38-13-3-12(31)29(13)15(8)18(35)36/h2,6-7,13H,3-5H2,1H3,(H9,21,22,23,24,26,27,28,32,33,34,35,36). The zero-order chi connectivity index (χ0) is 29.1. The number of anilines is 3. The monoisotopic (exact) mass is 610 g/mol. The molecule has 0 saturated carbocycles. The van der Waals surface area contributed by atoms with Crippen molar-refractivity contribution in [2.75, 3.05) is 34.2 Å². The molecule has 40 heavy (non-hydrogen) atoms. The van der Waals surface area contributed by atoms with Crippen molar-refractivity contribution < 1.29 is 38.9 Å². The third-order valence-electron chi connectivity index (χ3n) is 5.38. The Morgan fingerprint density at radius 3 is 2.75 bits per heavy atom. The van der Waals surface area contributed by atoms with Crippen LogP contribution in [-0.2, 0) is 24.0 Å². The number of thiazole rings is 1. The number of rotatable bonds is 11. The summed E-state index contributed by atoms with van der Waals surface area (Å²) in [5.41, 5.74) is 22.4. The van der Waals surface area contributed by atoms with E-state index in [1.54, 1.807) is 0 Å². The molecule has 0 aliphatic carbocycles. The zero-order valence-corrected chi connectivity index (χ0v) is 23.0. The van der Waals surface area contributed by atoms with E-state index in [4.69, 9.17) is 27.1 Å². The number of nitrogens with zero attached hydrogens (tertiary/aromatic N) is 5. The van der Waals surface area contributed by atoms with Crippen LogP contribution in [0.15, 0.2) is 33.0 Å². The van der Waals surface area contributed by atoms with Crippen LogP contribution >= 0.6 is 34.9 Å². The topological polar surface area (TPSA) is 268 Å². The number of carbonyl (C=O) groups excluding carboxylic acids is 3. The van der Waals surface area contributed by atoms with Gasteiger partial charge in [-0.25, -0.2) is 15.2 Å². The molecule has 9 N–H and O–H groups in total. The third kappa shape index (κ3) is 6.13. The van der Waals surface area contributed by atoms with Crippen LogP contribution in [0, 0.1) is 0 Å². The number of amides is 2. The Balaban J connectivity index is 1.54. The number of hydrogen-bond donors (Lipinski definition) is 6. The summed E-state index contributed by atoms with van der Waals surface area (Å²) in [4.78, 5) is 62.2. The third-order valence-corrected chi connectivity index (χ3v) is 8.36. The van der Waals surface area contributed by atoms with Gasteiger partial charge in [-0.15, -0.1) is 27.8 Å². The number of aromatic nitrogens is 3. The quantitative estimate of drug-likeness (QED) is 0.0381. The molecule has 2 atom stereocenters. The highest BCUT2D eigenvalue weighted by atomic mass is 32.2. The lowest BCUT2D eigenvalue weighted by molar-refractivity contribution is -0.682. The number of aliphatic carboxylic acids is 2. The number of carbonyl (C=O) groups is 4. The number of nitrogens with one attached hydrogen (secondary N) is 2. The lowest BCUT2D eigenvalue weighted by atomic mass is 10.1. The van der Waals surface area contributed by atoms with Gasteiger partial charge in [0, 0.05) is 16.9 Å². The first-order valence-electron chi connectivity index (χ1n) is 11.2. The minimum absolute atomic E-state index is 0.0209. The van der Waals surface area contributed by atoms with Crippen molar-refractivity contribution >= 4 is 81.1 Å².